The number of benzene rings is 7. The topological polar surface area (TPSA) is 29.3 Å². The number of fused-ring (bicyclic) bond motifs is 6. The normalized spacial score (nSPS) is 11.5. The van der Waals surface area contributed by atoms with E-state index >= 15 is 0 Å². The molecule has 0 amide bonds. The Morgan fingerprint density at radius 2 is 1.07 bits per heavy atom. The third-order valence-electron chi connectivity index (χ3n) is 8.89. The summed E-state index contributed by atoms with van der Waals surface area (Å²) in [4.78, 5) is 6.81. The van der Waals surface area contributed by atoms with E-state index in [1.165, 1.54) is 21.9 Å². The van der Waals surface area contributed by atoms with Crippen LogP contribution in [0.15, 0.2) is 174 Å². The van der Waals surface area contributed by atoms with Crippen molar-refractivity contribution < 1.29 is 4.42 Å². The fraction of sp³-hybridized carbons (Fsp3) is 0. The molecular weight excluding hydrogens is 560 g/mol. The Balaban J connectivity index is 1.18. The van der Waals surface area contributed by atoms with Crippen molar-refractivity contribution in [2.75, 3.05) is 4.90 Å². The van der Waals surface area contributed by atoms with Crippen LogP contribution >= 0.6 is 0 Å². The van der Waals surface area contributed by atoms with Gasteiger partial charge >= 0.3 is 0 Å². The van der Waals surface area contributed by atoms with Crippen LogP contribution in [0.4, 0.5) is 17.1 Å². The average Bonchev–Trinajstić information content (AvgIpc) is 3.52. The molecule has 9 rings (SSSR count). The first-order valence-corrected chi connectivity index (χ1v) is 15.5. The highest BCUT2D eigenvalue weighted by Gasteiger charge is 2.16. The number of anilines is 3. The van der Waals surface area contributed by atoms with E-state index in [2.05, 4.69) is 168 Å². The van der Waals surface area contributed by atoms with E-state index < -0.39 is 0 Å². The van der Waals surface area contributed by atoms with Gasteiger partial charge < -0.3 is 9.32 Å². The van der Waals surface area contributed by atoms with E-state index in [-0.39, 0.29) is 0 Å². The first-order valence-electron chi connectivity index (χ1n) is 15.5. The molecule has 0 aliphatic heterocycles. The molecule has 0 saturated heterocycles. The molecule has 46 heavy (non-hydrogen) atoms. The summed E-state index contributed by atoms with van der Waals surface area (Å²) in [7, 11) is 0. The molecule has 0 N–H and O–H groups in total. The van der Waals surface area contributed by atoms with Gasteiger partial charge in [0.05, 0.1) is 0 Å². The van der Waals surface area contributed by atoms with Gasteiger partial charge in [-0.15, -0.1) is 0 Å². The minimum absolute atomic E-state index is 0.668. The predicted octanol–water partition coefficient (Wildman–Crippen LogP) is 12.1. The van der Waals surface area contributed by atoms with Gasteiger partial charge in [-0.1, -0.05) is 103 Å². The Morgan fingerprint density at radius 3 is 1.96 bits per heavy atom. The van der Waals surface area contributed by atoms with Gasteiger partial charge in [-0.25, -0.2) is 4.98 Å². The van der Waals surface area contributed by atoms with E-state index in [1.54, 1.807) is 6.20 Å². The van der Waals surface area contributed by atoms with Crippen LogP contribution in [0.1, 0.15) is 0 Å². The van der Waals surface area contributed by atoms with Crippen molar-refractivity contribution in [3.8, 4) is 22.3 Å². The third kappa shape index (κ3) is 4.49. The van der Waals surface area contributed by atoms with Crippen LogP contribution in [-0.2, 0) is 0 Å². The van der Waals surface area contributed by atoms with Gasteiger partial charge in [-0.3, -0.25) is 0 Å². The highest BCUT2D eigenvalue weighted by Crippen LogP contribution is 2.40. The highest BCUT2D eigenvalue weighted by molar-refractivity contribution is 6.15. The van der Waals surface area contributed by atoms with Crippen LogP contribution < -0.4 is 4.90 Å². The van der Waals surface area contributed by atoms with E-state index in [0.717, 1.165) is 55.3 Å². The number of furan rings is 1. The maximum absolute atomic E-state index is 6.29. The Kier molecular flexibility index (Phi) is 6.14. The quantitative estimate of drug-likeness (QED) is 0.200. The second kappa shape index (κ2) is 10.8. The minimum Gasteiger partial charge on any atom is -0.437 e. The summed E-state index contributed by atoms with van der Waals surface area (Å²) in [5.41, 5.74) is 9.51. The molecule has 3 heteroatoms. The van der Waals surface area contributed by atoms with Gasteiger partial charge in [0.1, 0.15) is 5.58 Å². The molecular formula is C43H28N2O. The van der Waals surface area contributed by atoms with Gasteiger partial charge in [0.15, 0.2) is 0 Å². The molecule has 3 nitrogen and oxygen atoms in total. The second-order valence-electron chi connectivity index (χ2n) is 11.7. The highest BCUT2D eigenvalue weighted by atomic mass is 16.3. The van der Waals surface area contributed by atoms with Crippen LogP contribution in [0.3, 0.4) is 0 Å². The average molecular weight is 589 g/mol. The molecule has 0 unspecified atom stereocenters. The van der Waals surface area contributed by atoms with E-state index in [9.17, 15) is 0 Å². The summed E-state index contributed by atoms with van der Waals surface area (Å²) in [5, 5.41) is 6.78. The summed E-state index contributed by atoms with van der Waals surface area (Å²) in [6.07, 6.45) is 1.78. The molecule has 2 aromatic heterocycles. The lowest BCUT2D eigenvalue weighted by atomic mass is 9.99. The zero-order valence-corrected chi connectivity index (χ0v) is 25.0. The lowest BCUT2D eigenvalue weighted by molar-refractivity contribution is 0.657. The minimum atomic E-state index is 0.668. The monoisotopic (exact) mass is 588 g/mol. The van der Waals surface area contributed by atoms with Crippen LogP contribution in [0.2, 0.25) is 0 Å². The van der Waals surface area contributed by atoms with Crippen molar-refractivity contribution in [2.24, 2.45) is 0 Å². The lowest BCUT2D eigenvalue weighted by Crippen LogP contribution is -2.10. The predicted molar refractivity (Wildman–Crippen MR) is 192 cm³/mol. The smallest absolute Gasteiger partial charge is 0.227 e. The first-order chi connectivity index (χ1) is 22.8. The number of aromatic nitrogens is 1. The summed E-state index contributed by atoms with van der Waals surface area (Å²) < 4.78 is 6.29. The molecule has 0 spiro atoms. The fourth-order valence-corrected chi connectivity index (χ4v) is 6.59. The van der Waals surface area contributed by atoms with Crippen molar-refractivity contribution in [3.05, 3.63) is 170 Å². The Hall–Kier alpha value is -6.19. The van der Waals surface area contributed by atoms with Gasteiger partial charge in [0, 0.05) is 39.4 Å². The van der Waals surface area contributed by atoms with Crippen LogP contribution in [0.5, 0.6) is 0 Å². The van der Waals surface area contributed by atoms with Crippen molar-refractivity contribution in [2.45, 2.75) is 0 Å². The van der Waals surface area contributed by atoms with Crippen molar-refractivity contribution in [1.82, 2.24) is 4.98 Å². The standard InChI is InChI=1S/C43H28N2O/c1-2-8-29(9-3-1)31-17-21-36(22-18-31)45(38-23-19-30-10-4-5-11-33(30)26-38)37-13-6-12-34(27-37)35-16-15-32-20-24-39-40-14-7-25-44-43(40)46-42(39)41(32)28-35/h1-28H. The molecule has 216 valence electrons. The van der Waals surface area contributed by atoms with E-state index in [0.29, 0.717) is 5.71 Å². The maximum Gasteiger partial charge on any atom is 0.227 e. The molecule has 0 saturated carbocycles. The maximum atomic E-state index is 6.29. The van der Waals surface area contributed by atoms with Crippen LogP contribution in [-0.4, -0.2) is 4.98 Å². The zero-order valence-electron chi connectivity index (χ0n) is 25.0. The zero-order chi connectivity index (χ0) is 30.5. The van der Waals surface area contributed by atoms with Crippen LogP contribution in [0.25, 0.3) is 65.9 Å². The molecule has 7 aromatic carbocycles. The molecule has 0 radical (unpaired) electrons. The van der Waals surface area contributed by atoms with Crippen molar-refractivity contribution in [1.29, 1.82) is 0 Å². The van der Waals surface area contributed by atoms with Gasteiger partial charge in [0.25, 0.3) is 0 Å². The SMILES string of the molecule is c1ccc(-c2ccc(N(c3cccc(-c4ccc5ccc6c7cccnc7oc6c5c4)c3)c3ccc4ccccc4c3)cc2)cc1. The lowest BCUT2D eigenvalue weighted by Gasteiger charge is -2.26. The van der Waals surface area contributed by atoms with Crippen LogP contribution in [0, 0.1) is 0 Å². The molecule has 0 aliphatic carbocycles. The molecule has 0 bridgehead atoms. The van der Waals surface area contributed by atoms with Crippen molar-refractivity contribution >= 4 is 60.7 Å². The Morgan fingerprint density at radius 1 is 0.391 bits per heavy atom. The number of nitrogens with zero attached hydrogens (tertiary/aromatic N) is 2. The molecule has 9 aromatic rings. The molecule has 0 fully saturated rings. The summed E-state index contributed by atoms with van der Waals surface area (Å²) in [6.45, 7) is 0. The van der Waals surface area contributed by atoms with Gasteiger partial charge in [0.2, 0.25) is 5.71 Å². The summed E-state index contributed by atoms with van der Waals surface area (Å²) >= 11 is 0. The fourth-order valence-electron chi connectivity index (χ4n) is 6.59. The number of hydrogen-bond acceptors (Lipinski definition) is 3. The van der Waals surface area contributed by atoms with E-state index in [4.69, 9.17) is 4.42 Å². The Bertz CT molecular complexity index is 2530. The van der Waals surface area contributed by atoms with Gasteiger partial charge in [-0.2, -0.15) is 0 Å². The molecule has 2 heterocycles. The molecule has 0 aliphatic rings. The summed E-state index contributed by atoms with van der Waals surface area (Å²) in [5.74, 6) is 0. The number of rotatable bonds is 5. The van der Waals surface area contributed by atoms with Gasteiger partial charge in [-0.05, 0) is 99.1 Å². The number of hydrogen-bond donors (Lipinski definition) is 0. The molecule has 0 atom stereocenters. The largest absolute Gasteiger partial charge is 0.437 e. The second-order valence-corrected chi connectivity index (χ2v) is 11.7. The third-order valence-corrected chi connectivity index (χ3v) is 8.89. The number of pyridine rings is 1. The summed E-state index contributed by atoms with van der Waals surface area (Å²) in [6, 6.07) is 58.3. The Labute approximate surface area is 266 Å². The van der Waals surface area contributed by atoms with Crippen molar-refractivity contribution in [3.63, 3.8) is 0 Å². The van der Waals surface area contributed by atoms with E-state index in [1.807, 2.05) is 6.07 Å². The first kappa shape index (κ1) is 26.2.